The Bertz CT molecular complexity index is 713. The van der Waals surface area contributed by atoms with E-state index < -0.39 is 5.97 Å². The van der Waals surface area contributed by atoms with Gasteiger partial charge in [0.25, 0.3) is 0 Å². The summed E-state index contributed by atoms with van der Waals surface area (Å²) >= 11 is 0. The van der Waals surface area contributed by atoms with Gasteiger partial charge in [-0.15, -0.1) is 0 Å². The van der Waals surface area contributed by atoms with Crippen LogP contribution in [-0.2, 0) is 0 Å². The minimum atomic E-state index is -0.906. The fraction of sp³-hybridized carbons (Fsp3) is 0.412. The quantitative estimate of drug-likeness (QED) is 0.904. The normalized spacial score (nSPS) is 27.1. The molecule has 0 spiro atoms. The number of benzene rings is 1. The Morgan fingerprint density at radius 3 is 2.81 bits per heavy atom. The molecule has 4 nitrogen and oxygen atoms in total. The van der Waals surface area contributed by atoms with Crippen LogP contribution in [-0.4, -0.2) is 22.1 Å². The van der Waals surface area contributed by atoms with Crippen LogP contribution in [0.5, 0.6) is 0 Å². The number of nitrogens with zero attached hydrogens (tertiary/aromatic N) is 1. The van der Waals surface area contributed by atoms with Crippen LogP contribution in [0, 0.1) is 11.8 Å². The first-order valence-corrected chi connectivity index (χ1v) is 7.60. The van der Waals surface area contributed by atoms with Gasteiger partial charge >= 0.3 is 5.97 Å². The Morgan fingerprint density at radius 1 is 1.19 bits per heavy atom. The van der Waals surface area contributed by atoms with E-state index in [4.69, 9.17) is 0 Å². The van der Waals surface area contributed by atoms with Gasteiger partial charge in [-0.1, -0.05) is 12.5 Å². The SMILES string of the molecule is O=C(O)c1cccc2nc(NC3CC4CCC3C4)ccc12. The Kier molecular flexibility index (Phi) is 2.84. The van der Waals surface area contributed by atoms with Crippen molar-refractivity contribution in [1.82, 2.24) is 4.98 Å². The third-order valence-corrected chi connectivity index (χ3v) is 5.03. The molecule has 2 aliphatic carbocycles. The fourth-order valence-corrected chi connectivity index (χ4v) is 4.03. The molecular formula is C17H18N2O2. The van der Waals surface area contributed by atoms with Crippen LogP contribution >= 0.6 is 0 Å². The summed E-state index contributed by atoms with van der Waals surface area (Å²) in [7, 11) is 0. The van der Waals surface area contributed by atoms with Crippen molar-refractivity contribution in [2.75, 3.05) is 5.32 Å². The minimum Gasteiger partial charge on any atom is -0.478 e. The number of aromatic carboxylic acids is 1. The van der Waals surface area contributed by atoms with Gasteiger partial charge in [-0.3, -0.25) is 0 Å². The molecule has 2 saturated carbocycles. The Morgan fingerprint density at radius 2 is 2.10 bits per heavy atom. The van der Waals surface area contributed by atoms with Crippen molar-refractivity contribution in [3.05, 3.63) is 35.9 Å². The lowest BCUT2D eigenvalue weighted by molar-refractivity contribution is 0.0699. The van der Waals surface area contributed by atoms with Crippen molar-refractivity contribution < 1.29 is 9.90 Å². The number of rotatable bonds is 3. The van der Waals surface area contributed by atoms with E-state index in [0.29, 0.717) is 17.0 Å². The monoisotopic (exact) mass is 282 g/mol. The van der Waals surface area contributed by atoms with Crippen molar-refractivity contribution in [1.29, 1.82) is 0 Å². The zero-order valence-corrected chi connectivity index (χ0v) is 11.7. The van der Waals surface area contributed by atoms with Crippen molar-refractivity contribution >= 4 is 22.7 Å². The van der Waals surface area contributed by atoms with Crippen molar-refractivity contribution in [2.24, 2.45) is 11.8 Å². The second-order valence-corrected chi connectivity index (χ2v) is 6.30. The zero-order chi connectivity index (χ0) is 14.4. The van der Waals surface area contributed by atoms with Crippen molar-refractivity contribution in [3.63, 3.8) is 0 Å². The number of fused-ring (bicyclic) bond motifs is 3. The van der Waals surface area contributed by atoms with E-state index in [1.54, 1.807) is 12.1 Å². The molecule has 3 unspecified atom stereocenters. The Labute approximate surface area is 123 Å². The van der Waals surface area contributed by atoms with Gasteiger partial charge in [0, 0.05) is 11.4 Å². The molecule has 2 fully saturated rings. The van der Waals surface area contributed by atoms with E-state index in [1.807, 2.05) is 18.2 Å². The number of carbonyl (C=O) groups is 1. The first-order valence-electron chi connectivity index (χ1n) is 7.60. The lowest BCUT2D eigenvalue weighted by Crippen LogP contribution is -2.26. The third kappa shape index (κ3) is 2.15. The van der Waals surface area contributed by atoms with Gasteiger partial charge in [-0.05, 0) is 55.4 Å². The van der Waals surface area contributed by atoms with Crippen LogP contribution < -0.4 is 5.32 Å². The lowest BCUT2D eigenvalue weighted by Gasteiger charge is -2.23. The summed E-state index contributed by atoms with van der Waals surface area (Å²) in [6.45, 7) is 0. The highest BCUT2D eigenvalue weighted by Gasteiger charge is 2.39. The van der Waals surface area contributed by atoms with Crippen LogP contribution in [0.25, 0.3) is 10.9 Å². The van der Waals surface area contributed by atoms with E-state index in [9.17, 15) is 9.90 Å². The summed E-state index contributed by atoms with van der Waals surface area (Å²) in [5.41, 5.74) is 1.05. The van der Waals surface area contributed by atoms with E-state index in [2.05, 4.69) is 10.3 Å². The highest BCUT2D eigenvalue weighted by atomic mass is 16.4. The standard InChI is InChI=1S/C17H18N2O2/c20-17(21)13-2-1-3-14-12(13)6-7-16(18-14)19-15-9-10-4-5-11(15)8-10/h1-3,6-7,10-11,15H,4-5,8-9H2,(H,18,19)(H,20,21). The summed E-state index contributed by atoms with van der Waals surface area (Å²) in [5.74, 6) is 1.64. The van der Waals surface area contributed by atoms with E-state index in [0.717, 1.165) is 23.2 Å². The third-order valence-electron chi connectivity index (χ3n) is 5.03. The number of aromatic nitrogens is 1. The molecular weight excluding hydrogens is 264 g/mol. The second-order valence-electron chi connectivity index (χ2n) is 6.30. The number of pyridine rings is 1. The first-order chi connectivity index (χ1) is 10.2. The molecule has 1 aromatic heterocycles. The molecule has 0 amide bonds. The maximum Gasteiger partial charge on any atom is 0.336 e. The van der Waals surface area contributed by atoms with Crippen LogP contribution in [0.15, 0.2) is 30.3 Å². The maximum atomic E-state index is 11.2. The lowest BCUT2D eigenvalue weighted by atomic mass is 9.95. The van der Waals surface area contributed by atoms with Gasteiger partial charge < -0.3 is 10.4 Å². The average Bonchev–Trinajstić information content (AvgIpc) is 3.09. The molecule has 21 heavy (non-hydrogen) atoms. The van der Waals surface area contributed by atoms with Crippen LogP contribution in [0.1, 0.15) is 36.0 Å². The molecule has 1 aromatic carbocycles. The van der Waals surface area contributed by atoms with E-state index >= 15 is 0 Å². The highest BCUT2D eigenvalue weighted by molar-refractivity contribution is 6.02. The van der Waals surface area contributed by atoms with Crippen LogP contribution in [0.4, 0.5) is 5.82 Å². The molecule has 1 heterocycles. The van der Waals surface area contributed by atoms with Gasteiger partial charge in [0.2, 0.25) is 0 Å². The second kappa shape index (κ2) is 4.72. The molecule has 0 aliphatic heterocycles. The molecule has 0 radical (unpaired) electrons. The predicted molar refractivity (Wildman–Crippen MR) is 81.6 cm³/mol. The fourth-order valence-electron chi connectivity index (χ4n) is 4.03. The number of carboxylic acid groups (broad SMARTS) is 1. The summed E-state index contributed by atoms with van der Waals surface area (Å²) in [6, 6.07) is 9.54. The molecule has 4 rings (SSSR count). The number of hydrogen-bond acceptors (Lipinski definition) is 3. The smallest absolute Gasteiger partial charge is 0.336 e. The van der Waals surface area contributed by atoms with Gasteiger partial charge in [0.05, 0.1) is 11.1 Å². The number of carboxylic acids is 1. The summed E-state index contributed by atoms with van der Waals surface area (Å²) in [6.07, 6.45) is 5.32. The number of nitrogens with one attached hydrogen (secondary N) is 1. The Balaban J connectivity index is 1.63. The topological polar surface area (TPSA) is 62.2 Å². The zero-order valence-electron chi connectivity index (χ0n) is 11.7. The van der Waals surface area contributed by atoms with Gasteiger partial charge in [0.1, 0.15) is 5.82 Å². The van der Waals surface area contributed by atoms with Gasteiger partial charge in [0.15, 0.2) is 0 Å². The van der Waals surface area contributed by atoms with Crippen molar-refractivity contribution in [2.45, 2.75) is 31.7 Å². The summed E-state index contributed by atoms with van der Waals surface area (Å²) < 4.78 is 0. The van der Waals surface area contributed by atoms with Gasteiger partial charge in [-0.2, -0.15) is 0 Å². The maximum absolute atomic E-state index is 11.2. The average molecular weight is 282 g/mol. The largest absolute Gasteiger partial charge is 0.478 e. The summed E-state index contributed by atoms with van der Waals surface area (Å²) in [5, 5.41) is 13.5. The molecule has 2 N–H and O–H groups in total. The number of anilines is 1. The molecule has 2 aromatic rings. The minimum absolute atomic E-state index is 0.312. The van der Waals surface area contributed by atoms with E-state index in [1.165, 1.54) is 25.7 Å². The Hall–Kier alpha value is -2.10. The molecule has 2 bridgehead atoms. The van der Waals surface area contributed by atoms with Gasteiger partial charge in [-0.25, -0.2) is 9.78 Å². The number of hydrogen-bond donors (Lipinski definition) is 2. The first kappa shape index (κ1) is 12.6. The molecule has 0 saturated heterocycles. The van der Waals surface area contributed by atoms with Crippen LogP contribution in [0.3, 0.4) is 0 Å². The molecule has 3 atom stereocenters. The summed E-state index contributed by atoms with van der Waals surface area (Å²) in [4.78, 5) is 15.8. The predicted octanol–water partition coefficient (Wildman–Crippen LogP) is 3.53. The molecule has 4 heteroatoms. The van der Waals surface area contributed by atoms with Crippen LogP contribution in [0.2, 0.25) is 0 Å². The highest BCUT2D eigenvalue weighted by Crippen LogP contribution is 2.45. The molecule has 2 aliphatic rings. The van der Waals surface area contributed by atoms with E-state index in [-0.39, 0.29) is 0 Å². The molecule has 108 valence electrons. The van der Waals surface area contributed by atoms with Crippen molar-refractivity contribution in [3.8, 4) is 0 Å².